The van der Waals surface area contributed by atoms with Crippen LogP contribution in [0.3, 0.4) is 0 Å². The van der Waals surface area contributed by atoms with Crippen molar-refractivity contribution in [3.63, 3.8) is 0 Å². The van der Waals surface area contributed by atoms with Crippen LogP contribution in [-0.4, -0.2) is 11.9 Å². The predicted octanol–water partition coefficient (Wildman–Crippen LogP) is 3.13. The molecule has 1 aliphatic rings. The number of anilines is 2. The molecule has 0 unspecified atom stereocenters. The average Bonchev–Trinajstić information content (AvgIpc) is 2.66. The van der Waals surface area contributed by atoms with E-state index in [9.17, 15) is 9.59 Å². The van der Waals surface area contributed by atoms with E-state index in [1.54, 1.807) is 48.5 Å². The van der Waals surface area contributed by atoms with Crippen molar-refractivity contribution in [3.05, 3.63) is 55.0 Å². The average molecular weight is 353 g/mol. The van der Waals surface area contributed by atoms with Crippen LogP contribution in [0.4, 0.5) is 11.4 Å². The van der Waals surface area contributed by atoms with Crippen LogP contribution in [0.5, 0.6) is 11.5 Å². The molecule has 0 aromatic heterocycles. The van der Waals surface area contributed by atoms with Crippen LogP contribution in [0.2, 0.25) is 0 Å². The maximum atomic E-state index is 12.9. The quantitative estimate of drug-likeness (QED) is 0.379. The van der Waals surface area contributed by atoms with E-state index in [0.29, 0.717) is 48.6 Å². The third kappa shape index (κ3) is 3.79. The molecule has 135 valence electrons. The van der Waals surface area contributed by atoms with Gasteiger partial charge < -0.3 is 20.9 Å². The zero-order valence-corrected chi connectivity index (χ0v) is 14.3. The molecule has 2 aromatic rings. The number of rotatable bonds is 4. The van der Waals surface area contributed by atoms with Gasteiger partial charge in [-0.3, -0.25) is 9.59 Å². The standard InChI is InChI=1S/C20H21N2O4/c21-14-4-8-16(9-5-14)25-18(23)20(12-2-1-3-13-20)19(24)26-17-10-6-15(22)7-11-17/h1,4-11H,2-3,12-13,21-22H2. The third-order valence-electron chi connectivity index (χ3n) is 4.51. The Kier molecular flexibility index (Phi) is 5.11. The summed E-state index contributed by atoms with van der Waals surface area (Å²) >= 11 is 0. The van der Waals surface area contributed by atoms with Crippen molar-refractivity contribution >= 4 is 23.3 Å². The van der Waals surface area contributed by atoms with Gasteiger partial charge in [-0.05, 0) is 80.6 Å². The van der Waals surface area contributed by atoms with Crippen molar-refractivity contribution in [2.24, 2.45) is 5.41 Å². The van der Waals surface area contributed by atoms with Crippen LogP contribution in [0.1, 0.15) is 25.7 Å². The van der Waals surface area contributed by atoms with Gasteiger partial charge >= 0.3 is 11.9 Å². The molecule has 26 heavy (non-hydrogen) atoms. The second-order valence-electron chi connectivity index (χ2n) is 6.37. The Morgan fingerprint density at radius 2 is 1.12 bits per heavy atom. The number of hydrogen-bond acceptors (Lipinski definition) is 6. The molecule has 0 heterocycles. The molecule has 1 aliphatic carbocycles. The Bertz CT molecular complexity index is 717. The van der Waals surface area contributed by atoms with E-state index in [2.05, 4.69) is 6.42 Å². The van der Waals surface area contributed by atoms with Crippen molar-refractivity contribution in [2.75, 3.05) is 11.5 Å². The molecule has 0 aliphatic heterocycles. The van der Waals surface area contributed by atoms with E-state index in [-0.39, 0.29) is 0 Å². The first-order valence-electron chi connectivity index (χ1n) is 8.47. The minimum atomic E-state index is -1.32. The van der Waals surface area contributed by atoms with Crippen LogP contribution in [0.15, 0.2) is 48.5 Å². The van der Waals surface area contributed by atoms with E-state index in [1.165, 1.54) is 0 Å². The molecule has 1 saturated carbocycles. The molecule has 6 nitrogen and oxygen atoms in total. The molecule has 1 radical (unpaired) electrons. The number of carbonyl (C=O) groups is 2. The number of ether oxygens (including phenoxy) is 2. The summed E-state index contributed by atoms with van der Waals surface area (Å²) in [6.45, 7) is 0. The minimum Gasteiger partial charge on any atom is -0.426 e. The van der Waals surface area contributed by atoms with Gasteiger partial charge in [-0.15, -0.1) is 0 Å². The maximum absolute atomic E-state index is 12.9. The van der Waals surface area contributed by atoms with Crippen LogP contribution in [-0.2, 0) is 9.59 Å². The Balaban J connectivity index is 1.80. The maximum Gasteiger partial charge on any atom is 0.328 e. The first-order chi connectivity index (χ1) is 12.5. The Morgan fingerprint density at radius 1 is 0.731 bits per heavy atom. The molecule has 4 N–H and O–H groups in total. The Hall–Kier alpha value is -3.02. The SMILES string of the molecule is Nc1ccc(OC(=O)C2(C(=O)Oc3ccc(N)cc3)CC[CH]CC2)cc1. The molecule has 0 bridgehead atoms. The van der Waals surface area contributed by atoms with E-state index in [0.717, 1.165) is 0 Å². The van der Waals surface area contributed by atoms with Crippen molar-refractivity contribution in [2.45, 2.75) is 25.7 Å². The first-order valence-corrected chi connectivity index (χ1v) is 8.47. The number of benzene rings is 2. The summed E-state index contributed by atoms with van der Waals surface area (Å²) < 4.78 is 10.9. The highest BCUT2D eigenvalue weighted by Gasteiger charge is 2.50. The highest BCUT2D eigenvalue weighted by Crippen LogP contribution is 2.39. The number of nitrogen functional groups attached to an aromatic ring is 2. The largest absolute Gasteiger partial charge is 0.426 e. The summed E-state index contributed by atoms with van der Waals surface area (Å²) in [4.78, 5) is 25.7. The van der Waals surface area contributed by atoms with Gasteiger partial charge in [0.15, 0.2) is 5.41 Å². The van der Waals surface area contributed by atoms with Gasteiger partial charge in [-0.25, -0.2) is 0 Å². The van der Waals surface area contributed by atoms with Crippen molar-refractivity contribution < 1.29 is 19.1 Å². The van der Waals surface area contributed by atoms with E-state index in [4.69, 9.17) is 20.9 Å². The number of carbonyl (C=O) groups excluding carboxylic acids is 2. The lowest BCUT2D eigenvalue weighted by molar-refractivity contribution is -0.163. The van der Waals surface area contributed by atoms with Crippen LogP contribution in [0, 0.1) is 11.8 Å². The van der Waals surface area contributed by atoms with Crippen molar-refractivity contribution in [1.29, 1.82) is 0 Å². The lowest BCUT2D eigenvalue weighted by atomic mass is 9.74. The molecule has 0 amide bonds. The molecule has 0 atom stereocenters. The van der Waals surface area contributed by atoms with Crippen LogP contribution >= 0.6 is 0 Å². The first kappa shape index (κ1) is 17.8. The van der Waals surface area contributed by atoms with Gasteiger partial charge in [0, 0.05) is 11.4 Å². The fourth-order valence-corrected chi connectivity index (χ4v) is 2.94. The smallest absolute Gasteiger partial charge is 0.328 e. The van der Waals surface area contributed by atoms with E-state index in [1.807, 2.05) is 0 Å². The Labute approximate surface area is 152 Å². The minimum absolute atomic E-state index is 0.346. The molecule has 0 spiro atoms. The summed E-state index contributed by atoms with van der Waals surface area (Å²) in [6.07, 6.45) is 4.07. The third-order valence-corrected chi connectivity index (χ3v) is 4.51. The lowest BCUT2D eigenvalue weighted by Gasteiger charge is -2.32. The van der Waals surface area contributed by atoms with Gasteiger partial charge in [0.1, 0.15) is 11.5 Å². The molecule has 1 fully saturated rings. The van der Waals surface area contributed by atoms with E-state index >= 15 is 0 Å². The summed E-state index contributed by atoms with van der Waals surface area (Å²) in [5.41, 5.74) is 11.1. The lowest BCUT2D eigenvalue weighted by Crippen LogP contribution is -2.46. The second kappa shape index (κ2) is 7.47. The highest BCUT2D eigenvalue weighted by atomic mass is 16.6. The summed E-state index contributed by atoms with van der Waals surface area (Å²) in [5.74, 6) is -0.511. The van der Waals surface area contributed by atoms with Crippen LogP contribution < -0.4 is 20.9 Å². The van der Waals surface area contributed by atoms with Gasteiger partial charge in [-0.2, -0.15) is 0 Å². The number of nitrogens with two attached hydrogens (primary N) is 2. The normalized spacial score (nSPS) is 15.8. The summed E-state index contributed by atoms with van der Waals surface area (Å²) in [5, 5.41) is 0. The van der Waals surface area contributed by atoms with Gasteiger partial charge in [0.05, 0.1) is 0 Å². The number of hydrogen-bond donors (Lipinski definition) is 2. The zero-order valence-electron chi connectivity index (χ0n) is 14.3. The van der Waals surface area contributed by atoms with Crippen molar-refractivity contribution in [3.8, 4) is 11.5 Å². The van der Waals surface area contributed by atoms with Gasteiger partial charge in [0.2, 0.25) is 0 Å². The predicted molar refractivity (Wildman–Crippen MR) is 98.2 cm³/mol. The Morgan fingerprint density at radius 3 is 1.50 bits per heavy atom. The summed E-state index contributed by atoms with van der Waals surface area (Å²) in [6, 6.07) is 12.9. The van der Waals surface area contributed by atoms with Crippen molar-refractivity contribution in [1.82, 2.24) is 0 Å². The fourth-order valence-electron chi connectivity index (χ4n) is 2.94. The second-order valence-corrected chi connectivity index (χ2v) is 6.37. The zero-order chi connectivity index (χ0) is 18.6. The highest BCUT2D eigenvalue weighted by molar-refractivity contribution is 6.01. The van der Waals surface area contributed by atoms with Gasteiger partial charge in [-0.1, -0.05) is 0 Å². The molecule has 6 heteroatoms. The topological polar surface area (TPSA) is 105 Å². The molecular formula is C20H21N2O4. The number of esters is 2. The molecular weight excluding hydrogens is 332 g/mol. The van der Waals surface area contributed by atoms with Gasteiger partial charge in [0.25, 0.3) is 0 Å². The van der Waals surface area contributed by atoms with Crippen LogP contribution in [0.25, 0.3) is 0 Å². The summed E-state index contributed by atoms with van der Waals surface area (Å²) in [7, 11) is 0. The molecule has 2 aromatic carbocycles. The fraction of sp³-hybridized carbons (Fsp3) is 0.250. The molecule has 3 rings (SSSR count). The monoisotopic (exact) mass is 353 g/mol. The van der Waals surface area contributed by atoms with E-state index < -0.39 is 17.4 Å². The molecule has 0 saturated heterocycles.